The van der Waals surface area contributed by atoms with E-state index in [9.17, 15) is 4.79 Å². The third-order valence-electron chi connectivity index (χ3n) is 4.45. The number of carbonyl (C=O) groups is 1. The molecule has 6 nitrogen and oxygen atoms in total. The van der Waals surface area contributed by atoms with E-state index in [2.05, 4.69) is 27.3 Å². The van der Waals surface area contributed by atoms with E-state index in [4.69, 9.17) is 4.74 Å². The van der Waals surface area contributed by atoms with Gasteiger partial charge in [-0.3, -0.25) is 4.79 Å². The molecule has 1 amide bonds. The van der Waals surface area contributed by atoms with Crippen molar-refractivity contribution in [1.29, 1.82) is 0 Å². The minimum absolute atomic E-state index is 0.294. The van der Waals surface area contributed by atoms with E-state index in [1.807, 2.05) is 18.2 Å². The minimum atomic E-state index is 0.294. The number of anilines is 4. The summed E-state index contributed by atoms with van der Waals surface area (Å²) in [6.07, 6.45) is 2.92. The first-order valence-corrected chi connectivity index (χ1v) is 7.63. The quantitative estimate of drug-likeness (QED) is 0.880. The Bertz CT molecular complexity index is 743. The maximum absolute atomic E-state index is 11.6. The van der Waals surface area contributed by atoms with Gasteiger partial charge < -0.3 is 19.9 Å². The molecule has 0 unspecified atom stereocenters. The van der Waals surface area contributed by atoms with Crippen LogP contribution >= 0.6 is 0 Å². The van der Waals surface area contributed by atoms with Gasteiger partial charge in [0.25, 0.3) is 0 Å². The van der Waals surface area contributed by atoms with Crippen molar-refractivity contribution in [3.8, 4) is 0 Å². The van der Waals surface area contributed by atoms with Gasteiger partial charge in [-0.1, -0.05) is 6.07 Å². The van der Waals surface area contributed by atoms with Crippen LogP contribution in [0.3, 0.4) is 0 Å². The van der Waals surface area contributed by atoms with Crippen molar-refractivity contribution in [3.05, 3.63) is 42.1 Å². The maximum atomic E-state index is 11.6. The number of rotatable bonds is 3. The lowest BCUT2D eigenvalue weighted by molar-refractivity contribution is -0.107. The zero-order chi connectivity index (χ0) is 15.8. The number of amides is 1. The highest BCUT2D eigenvalue weighted by Gasteiger charge is 2.28. The van der Waals surface area contributed by atoms with Gasteiger partial charge >= 0.3 is 0 Å². The normalized spacial score (nSPS) is 16.7. The molecule has 0 spiro atoms. The van der Waals surface area contributed by atoms with E-state index in [-0.39, 0.29) is 0 Å². The molecule has 1 saturated heterocycles. The van der Waals surface area contributed by atoms with E-state index in [1.165, 1.54) is 0 Å². The molecule has 1 aromatic carbocycles. The van der Waals surface area contributed by atoms with E-state index in [0.717, 1.165) is 47.9 Å². The Kier molecular flexibility index (Phi) is 3.38. The number of carbonyl (C=O) groups excluding carboxylic acids is 1. The van der Waals surface area contributed by atoms with E-state index < -0.39 is 0 Å². The van der Waals surface area contributed by atoms with Gasteiger partial charge in [-0.05, 0) is 24.3 Å². The molecule has 2 aliphatic rings. The summed E-state index contributed by atoms with van der Waals surface area (Å²) >= 11 is 0. The molecular weight excluding hydrogens is 292 g/mol. The van der Waals surface area contributed by atoms with Crippen molar-refractivity contribution in [2.75, 3.05) is 35.3 Å². The van der Waals surface area contributed by atoms with Crippen molar-refractivity contribution in [3.63, 3.8) is 0 Å². The van der Waals surface area contributed by atoms with E-state index in [1.54, 1.807) is 18.2 Å². The molecule has 1 aromatic heterocycles. The SMILES string of the molecule is COC1CN(c2ccc3c(c2)N(C=O)Cc2cccnc2N3)C1. The first-order valence-electron chi connectivity index (χ1n) is 7.63. The van der Waals surface area contributed by atoms with Crippen LogP contribution in [-0.4, -0.2) is 37.7 Å². The fraction of sp³-hybridized carbons (Fsp3) is 0.294. The molecule has 23 heavy (non-hydrogen) atoms. The van der Waals surface area contributed by atoms with Crippen LogP contribution in [0.25, 0.3) is 0 Å². The van der Waals surface area contributed by atoms with Gasteiger partial charge in [0.15, 0.2) is 0 Å². The highest BCUT2D eigenvalue weighted by Crippen LogP contribution is 2.37. The Balaban J connectivity index is 1.69. The summed E-state index contributed by atoms with van der Waals surface area (Å²) in [6, 6.07) is 9.99. The molecular formula is C17H18N4O2. The van der Waals surface area contributed by atoms with Crippen LogP contribution in [0.1, 0.15) is 5.56 Å². The largest absolute Gasteiger partial charge is 0.378 e. The number of aromatic nitrogens is 1. The molecule has 2 aliphatic heterocycles. The lowest BCUT2D eigenvalue weighted by Crippen LogP contribution is -2.51. The van der Waals surface area contributed by atoms with Gasteiger partial charge in [0.1, 0.15) is 5.82 Å². The molecule has 6 heteroatoms. The van der Waals surface area contributed by atoms with Crippen molar-refractivity contribution < 1.29 is 9.53 Å². The first-order chi connectivity index (χ1) is 11.3. The standard InChI is InChI=1S/C17H18N4O2/c1-23-14-9-20(10-14)13-4-5-15-16(7-13)21(11-22)8-12-3-2-6-18-17(12)19-15/h2-7,11,14H,8-10H2,1H3,(H,18,19). The molecule has 3 heterocycles. The Hall–Kier alpha value is -2.60. The number of ether oxygens (including phenoxy) is 1. The monoisotopic (exact) mass is 310 g/mol. The van der Waals surface area contributed by atoms with Crippen molar-refractivity contribution in [2.45, 2.75) is 12.6 Å². The number of nitrogens with zero attached hydrogens (tertiary/aromatic N) is 3. The molecule has 1 fully saturated rings. The summed E-state index contributed by atoms with van der Waals surface area (Å²) in [4.78, 5) is 19.9. The second kappa shape index (κ2) is 5.55. The fourth-order valence-corrected chi connectivity index (χ4v) is 3.03. The average Bonchev–Trinajstić information content (AvgIpc) is 2.70. The molecule has 0 bridgehead atoms. The van der Waals surface area contributed by atoms with Crippen LogP contribution in [0.2, 0.25) is 0 Å². The van der Waals surface area contributed by atoms with Gasteiger partial charge in [-0.15, -0.1) is 0 Å². The van der Waals surface area contributed by atoms with Crippen LogP contribution < -0.4 is 15.1 Å². The number of nitrogens with one attached hydrogen (secondary N) is 1. The number of hydrogen-bond donors (Lipinski definition) is 1. The van der Waals surface area contributed by atoms with E-state index in [0.29, 0.717) is 12.6 Å². The number of pyridine rings is 1. The summed E-state index contributed by atoms with van der Waals surface area (Å²) in [5.41, 5.74) is 3.86. The van der Waals surface area contributed by atoms with Gasteiger partial charge in [0.05, 0.1) is 24.0 Å². The molecule has 118 valence electrons. The van der Waals surface area contributed by atoms with Crippen molar-refractivity contribution in [2.24, 2.45) is 0 Å². The Morgan fingerprint density at radius 2 is 2.22 bits per heavy atom. The van der Waals surface area contributed by atoms with Gasteiger partial charge in [-0.2, -0.15) is 0 Å². The summed E-state index contributed by atoms with van der Waals surface area (Å²) in [7, 11) is 1.74. The molecule has 1 N–H and O–H groups in total. The molecule has 0 atom stereocenters. The highest BCUT2D eigenvalue weighted by atomic mass is 16.5. The van der Waals surface area contributed by atoms with Crippen LogP contribution in [0.5, 0.6) is 0 Å². The van der Waals surface area contributed by atoms with Gasteiger partial charge in [-0.25, -0.2) is 4.98 Å². The molecule has 0 aliphatic carbocycles. The smallest absolute Gasteiger partial charge is 0.214 e. The number of fused-ring (bicyclic) bond motifs is 2. The third-order valence-corrected chi connectivity index (χ3v) is 4.45. The second-order valence-corrected chi connectivity index (χ2v) is 5.83. The van der Waals surface area contributed by atoms with Crippen LogP contribution in [0, 0.1) is 0 Å². The third kappa shape index (κ3) is 2.41. The predicted molar refractivity (Wildman–Crippen MR) is 89.2 cm³/mol. The number of benzene rings is 1. The highest BCUT2D eigenvalue weighted by molar-refractivity contribution is 5.89. The van der Waals surface area contributed by atoms with Gasteiger partial charge in [0, 0.05) is 37.6 Å². The Morgan fingerprint density at radius 1 is 1.35 bits per heavy atom. The lowest BCUT2D eigenvalue weighted by Gasteiger charge is -2.40. The second-order valence-electron chi connectivity index (χ2n) is 5.83. The fourth-order valence-electron chi connectivity index (χ4n) is 3.03. The first kappa shape index (κ1) is 14.0. The summed E-state index contributed by atoms with van der Waals surface area (Å²) in [5, 5.41) is 3.33. The number of hydrogen-bond acceptors (Lipinski definition) is 5. The molecule has 0 radical (unpaired) electrons. The number of methoxy groups -OCH3 is 1. The topological polar surface area (TPSA) is 57.7 Å². The van der Waals surface area contributed by atoms with Crippen LogP contribution in [-0.2, 0) is 16.1 Å². The molecule has 2 aromatic rings. The van der Waals surface area contributed by atoms with E-state index >= 15 is 0 Å². The Morgan fingerprint density at radius 3 is 3.00 bits per heavy atom. The molecule has 4 rings (SSSR count). The van der Waals surface area contributed by atoms with Crippen LogP contribution in [0.15, 0.2) is 36.5 Å². The van der Waals surface area contributed by atoms with Crippen LogP contribution in [0.4, 0.5) is 22.9 Å². The summed E-state index contributed by atoms with van der Waals surface area (Å²) in [6.45, 7) is 2.27. The van der Waals surface area contributed by atoms with Crippen molar-refractivity contribution in [1.82, 2.24) is 4.98 Å². The average molecular weight is 310 g/mol. The zero-order valence-corrected chi connectivity index (χ0v) is 12.9. The lowest BCUT2D eigenvalue weighted by atomic mass is 10.1. The minimum Gasteiger partial charge on any atom is -0.378 e. The maximum Gasteiger partial charge on any atom is 0.214 e. The van der Waals surface area contributed by atoms with Gasteiger partial charge in [0.2, 0.25) is 6.41 Å². The Labute approximate surface area is 134 Å². The zero-order valence-electron chi connectivity index (χ0n) is 12.9. The summed E-state index contributed by atoms with van der Waals surface area (Å²) < 4.78 is 5.33. The predicted octanol–water partition coefficient (Wildman–Crippen LogP) is 2.14. The molecule has 0 saturated carbocycles. The summed E-state index contributed by atoms with van der Waals surface area (Å²) in [5.74, 6) is 0.800. The van der Waals surface area contributed by atoms with Crippen molar-refractivity contribution >= 4 is 29.3 Å².